The molecule has 2 amide bonds. The monoisotopic (exact) mass is 843 g/mol. The van der Waals surface area contributed by atoms with Crippen LogP contribution in [-0.2, 0) is 47.1 Å². The van der Waals surface area contributed by atoms with E-state index in [1.165, 1.54) is 47.6 Å². The molecule has 0 fully saturated rings. The summed E-state index contributed by atoms with van der Waals surface area (Å²) in [5, 5.41) is 0. The van der Waals surface area contributed by atoms with Crippen LogP contribution < -0.4 is 0 Å². The number of carbonyl (C=O) groups is 2. The van der Waals surface area contributed by atoms with E-state index in [1.807, 2.05) is 0 Å². The van der Waals surface area contributed by atoms with Gasteiger partial charge in [-0.25, -0.2) is 44.4 Å². The number of amides is 2. The molecule has 0 atom stereocenters. The summed E-state index contributed by atoms with van der Waals surface area (Å²) in [5.41, 5.74) is -5.32. The number of aromatic nitrogens is 6. The number of imide groups is 1. The molecule has 0 aliphatic heterocycles. The Bertz CT molecular complexity index is 2030. The van der Waals surface area contributed by atoms with E-state index in [2.05, 4.69) is 29.9 Å². The molecule has 0 spiro atoms. The van der Waals surface area contributed by atoms with Gasteiger partial charge in [-0.15, -0.1) is 0 Å². The molecular formula is C35H33F12N7O4. The van der Waals surface area contributed by atoms with Crippen LogP contribution in [0.2, 0.25) is 0 Å². The lowest BCUT2D eigenvalue weighted by molar-refractivity contribution is -0.145. The predicted molar refractivity (Wildman–Crippen MR) is 178 cm³/mol. The lowest BCUT2D eigenvalue weighted by Gasteiger charge is -2.28. The van der Waals surface area contributed by atoms with Crippen molar-refractivity contribution in [3.05, 3.63) is 83.2 Å². The number of alkyl halides is 12. The van der Waals surface area contributed by atoms with Crippen LogP contribution in [0.3, 0.4) is 0 Å². The first-order valence-corrected chi connectivity index (χ1v) is 16.5. The van der Waals surface area contributed by atoms with Gasteiger partial charge in [0.25, 0.3) is 0 Å². The first kappa shape index (κ1) is 46.7. The maximum Gasteiger partial charge on any atom is 0.451 e. The molecule has 316 valence electrons. The van der Waals surface area contributed by atoms with Gasteiger partial charge in [-0.2, -0.15) is 52.7 Å². The van der Waals surface area contributed by atoms with Crippen LogP contribution in [0, 0.1) is 0 Å². The number of aryl methyl sites for hydroxylation is 1. The Morgan fingerprint density at radius 3 is 1.16 bits per heavy atom. The van der Waals surface area contributed by atoms with Gasteiger partial charge in [0.15, 0.2) is 0 Å². The van der Waals surface area contributed by atoms with Crippen molar-refractivity contribution in [2.75, 3.05) is 0 Å². The fourth-order valence-corrected chi connectivity index (χ4v) is 4.29. The van der Waals surface area contributed by atoms with Crippen molar-refractivity contribution in [1.82, 2.24) is 34.8 Å². The molecule has 4 aromatic heterocycles. The highest BCUT2D eigenvalue weighted by atomic mass is 19.4. The van der Waals surface area contributed by atoms with Crippen molar-refractivity contribution in [1.29, 1.82) is 0 Å². The van der Waals surface area contributed by atoms with Gasteiger partial charge < -0.3 is 9.47 Å². The van der Waals surface area contributed by atoms with Gasteiger partial charge in [-0.05, 0) is 83.4 Å². The summed E-state index contributed by atoms with van der Waals surface area (Å²) in [7, 11) is 0. The molecule has 0 radical (unpaired) electrons. The fraction of sp³-hybridized carbons (Fsp3) is 0.429. The first-order valence-electron chi connectivity index (χ1n) is 16.5. The molecule has 0 unspecified atom stereocenters. The maximum atomic E-state index is 13.5. The minimum atomic E-state index is -4.96. The summed E-state index contributed by atoms with van der Waals surface area (Å²) in [6, 6.07) is 3.91. The topological polar surface area (TPSA) is 133 Å². The highest BCUT2D eigenvalue weighted by Gasteiger charge is 2.38. The number of rotatable bonds is 5. The van der Waals surface area contributed by atoms with Gasteiger partial charge in [0.05, 0.1) is 17.9 Å². The molecule has 0 aliphatic carbocycles. The summed E-state index contributed by atoms with van der Waals surface area (Å²) < 4.78 is 165. The van der Waals surface area contributed by atoms with Crippen molar-refractivity contribution < 1.29 is 71.7 Å². The van der Waals surface area contributed by atoms with E-state index in [-0.39, 0.29) is 22.4 Å². The minimum Gasteiger partial charge on any atom is -0.443 e. The third kappa shape index (κ3) is 13.8. The van der Waals surface area contributed by atoms with Crippen LogP contribution in [0.4, 0.5) is 62.3 Å². The third-order valence-corrected chi connectivity index (χ3v) is 6.73. The lowest BCUT2D eigenvalue weighted by atomic mass is 10.1. The summed E-state index contributed by atoms with van der Waals surface area (Å²) >= 11 is 0. The van der Waals surface area contributed by atoms with E-state index in [1.54, 1.807) is 6.92 Å². The van der Waals surface area contributed by atoms with Gasteiger partial charge in [0.1, 0.15) is 22.6 Å². The molecule has 4 heterocycles. The van der Waals surface area contributed by atoms with Crippen LogP contribution in [-0.4, -0.2) is 58.2 Å². The summed E-state index contributed by atoms with van der Waals surface area (Å²) in [4.78, 5) is 45.2. The van der Waals surface area contributed by atoms with Crippen molar-refractivity contribution in [2.45, 2.75) is 97.3 Å². The lowest BCUT2D eigenvalue weighted by Crippen LogP contribution is -2.43. The zero-order valence-corrected chi connectivity index (χ0v) is 31.3. The summed E-state index contributed by atoms with van der Waals surface area (Å²) in [6.45, 7) is 10.1. The summed E-state index contributed by atoms with van der Waals surface area (Å²) in [5.74, 6) is -2.85. The third-order valence-electron chi connectivity index (χ3n) is 6.73. The predicted octanol–water partition coefficient (Wildman–Crippen LogP) is 10.4. The zero-order chi connectivity index (χ0) is 44.2. The second-order valence-corrected chi connectivity index (χ2v) is 14.0. The van der Waals surface area contributed by atoms with Crippen LogP contribution in [0.1, 0.15) is 82.6 Å². The SMILES string of the molecule is CC(C)(C)OC(=O)N(Cc1cc(-c2cnc(C(F)(F)F)nc2)nc(C(F)(F)F)c1)C(=O)OC(C)(C)C.CCc1cc(-c2cnc(C(F)(F)F)nc2)nc(C(F)(F)F)c1. The van der Waals surface area contributed by atoms with E-state index in [0.29, 0.717) is 35.3 Å². The Labute approximate surface area is 321 Å². The van der Waals surface area contributed by atoms with E-state index in [0.717, 1.165) is 24.5 Å². The molecule has 0 bridgehead atoms. The Morgan fingerprint density at radius 1 is 0.534 bits per heavy atom. The number of hydrogen-bond donors (Lipinski definition) is 0. The molecule has 11 nitrogen and oxygen atoms in total. The molecule has 4 aromatic rings. The number of carbonyl (C=O) groups excluding carboxylic acids is 2. The molecular weight excluding hydrogens is 810 g/mol. The number of pyridine rings is 2. The molecule has 0 aliphatic rings. The standard InChI is InChI=1S/C22H24F6N4O4.C13H9F6N3/c1-19(2,3)35-17(33)32(18(34)36-20(4,5)6)11-12-7-14(31-15(8-12)21(23,24)25)13-9-29-16(30-10-13)22(26,27)28;1-2-7-3-9(22-10(4-7)12(14,15)16)8-5-20-11(21-6-8)13(17,18)19/h7-10H,11H2,1-6H3;3-6H,2H2,1H3. The Morgan fingerprint density at radius 2 is 0.862 bits per heavy atom. The van der Waals surface area contributed by atoms with E-state index in [9.17, 15) is 62.3 Å². The number of nitrogens with zero attached hydrogens (tertiary/aromatic N) is 7. The first-order chi connectivity index (χ1) is 26.3. The van der Waals surface area contributed by atoms with Crippen molar-refractivity contribution >= 4 is 12.2 Å². The molecule has 0 saturated carbocycles. The largest absolute Gasteiger partial charge is 0.451 e. The molecule has 4 rings (SSSR count). The van der Waals surface area contributed by atoms with Gasteiger partial charge in [0, 0.05) is 35.9 Å². The molecule has 0 N–H and O–H groups in total. The smallest absolute Gasteiger partial charge is 0.443 e. The second-order valence-electron chi connectivity index (χ2n) is 14.0. The average Bonchev–Trinajstić information content (AvgIpc) is 3.07. The van der Waals surface area contributed by atoms with Crippen molar-refractivity contribution in [3.8, 4) is 22.5 Å². The Balaban J connectivity index is 0.000000348. The number of halogens is 12. The van der Waals surface area contributed by atoms with Gasteiger partial charge in [0.2, 0.25) is 11.6 Å². The molecule has 58 heavy (non-hydrogen) atoms. The number of ether oxygens (including phenoxy) is 2. The van der Waals surface area contributed by atoms with E-state index in [4.69, 9.17) is 9.47 Å². The Kier molecular flexibility index (Phi) is 13.8. The van der Waals surface area contributed by atoms with E-state index < -0.39 is 83.4 Å². The molecule has 0 aromatic carbocycles. The van der Waals surface area contributed by atoms with Crippen LogP contribution in [0.15, 0.2) is 49.1 Å². The van der Waals surface area contributed by atoms with Crippen molar-refractivity contribution in [3.63, 3.8) is 0 Å². The van der Waals surface area contributed by atoms with Gasteiger partial charge in [-0.3, -0.25) is 0 Å². The Hall–Kier alpha value is -5.64. The molecule has 23 heteroatoms. The number of hydrogen-bond acceptors (Lipinski definition) is 10. The van der Waals surface area contributed by atoms with Crippen LogP contribution >= 0.6 is 0 Å². The van der Waals surface area contributed by atoms with Crippen LogP contribution in [0.5, 0.6) is 0 Å². The maximum absolute atomic E-state index is 13.5. The molecule has 0 saturated heterocycles. The fourth-order valence-electron chi connectivity index (χ4n) is 4.29. The average molecular weight is 844 g/mol. The quantitative estimate of drug-likeness (QED) is 0.179. The van der Waals surface area contributed by atoms with Crippen LogP contribution in [0.25, 0.3) is 22.5 Å². The normalized spacial score (nSPS) is 12.7. The van der Waals surface area contributed by atoms with E-state index >= 15 is 0 Å². The highest BCUT2D eigenvalue weighted by molar-refractivity contribution is 5.88. The van der Waals surface area contributed by atoms with Gasteiger partial charge >= 0.3 is 36.9 Å². The second kappa shape index (κ2) is 17.1. The zero-order valence-electron chi connectivity index (χ0n) is 31.3. The van der Waals surface area contributed by atoms with Crippen molar-refractivity contribution in [2.24, 2.45) is 0 Å². The summed E-state index contributed by atoms with van der Waals surface area (Å²) in [6.07, 6.45) is -18.3. The minimum absolute atomic E-state index is 0.0196. The highest BCUT2D eigenvalue weighted by Crippen LogP contribution is 2.34. The van der Waals surface area contributed by atoms with Gasteiger partial charge in [-0.1, -0.05) is 6.92 Å².